The molecule has 2 rings (SSSR count). The fourth-order valence-corrected chi connectivity index (χ4v) is 3.19. The molecule has 0 spiro atoms. The van der Waals surface area contributed by atoms with Crippen LogP contribution in [0, 0.1) is 0 Å². The van der Waals surface area contributed by atoms with Crippen LogP contribution in [0.3, 0.4) is 0 Å². The van der Waals surface area contributed by atoms with Gasteiger partial charge in [-0.3, -0.25) is 14.6 Å². The van der Waals surface area contributed by atoms with Crippen molar-refractivity contribution in [2.24, 2.45) is 0 Å². The highest BCUT2D eigenvalue weighted by molar-refractivity contribution is 5.83. The molecule has 0 amide bonds. The molecule has 2 fully saturated rings. The van der Waals surface area contributed by atoms with Crippen LogP contribution >= 0.6 is 0 Å². The molecule has 3 nitrogen and oxygen atoms in total. The normalized spacial score (nSPS) is 33.7. The predicted octanol–water partition coefficient (Wildman–Crippen LogP) is 1.52. The Bertz CT molecular complexity index is 267. The van der Waals surface area contributed by atoms with Gasteiger partial charge in [0.05, 0.1) is 6.04 Å². The van der Waals surface area contributed by atoms with Gasteiger partial charge in [-0.2, -0.15) is 0 Å². The molecule has 0 radical (unpaired) electrons. The number of nitrogens with zero attached hydrogens (tertiary/aromatic N) is 2. The van der Waals surface area contributed by atoms with Gasteiger partial charge in [-0.25, -0.2) is 0 Å². The molecule has 0 aromatic rings. The Morgan fingerprint density at radius 3 is 2.69 bits per heavy atom. The van der Waals surface area contributed by atoms with Gasteiger partial charge >= 0.3 is 0 Å². The fraction of sp³-hybridized carbons (Fsp3) is 0.923. The molecule has 2 heterocycles. The second kappa shape index (κ2) is 4.84. The Labute approximate surface area is 98.8 Å². The number of ketones is 1. The van der Waals surface area contributed by atoms with E-state index in [0.717, 1.165) is 19.1 Å². The van der Waals surface area contributed by atoms with Gasteiger partial charge in [-0.1, -0.05) is 6.92 Å². The van der Waals surface area contributed by atoms with Gasteiger partial charge in [0.25, 0.3) is 0 Å². The van der Waals surface area contributed by atoms with Gasteiger partial charge in [0.15, 0.2) is 0 Å². The number of hydrogen-bond acceptors (Lipinski definition) is 3. The summed E-state index contributed by atoms with van der Waals surface area (Å²) in [4.78, 5) is 16.7. The van der Waals surface area contributed by atoms with E-state index in [1.165, 1.54) is 19.3 Å². The van der Waals surface area contributed by atoms with Crippen LogP contribution in [0.15, 0.2) is 0 Å². The van der Waals surface area contributed by atoms with Gasteiger partial charge in [-0.05, 0) is 33.2 Å². The lowest BCUT2D eigenvalue weighted by Crippen LogP contribution is -2.44. The highest BCUT2D eigenvalue weighted by Crippen LogP contribution is 2.29. The summed E-state index contributed by atoms with van der Waals surface area (Å²) in [6.45, 7) is 6.22. The first-order valence-corrected chi connectivity index (χ1v) is 6.62. The summed E-state index contributed by atoms with van der Waals surface area (Å²) < 4.78 is 0. The zero-order valence-corrected chi connectivity index (χ0v) is 10.8. The van der Waals surface area contributed by atoms with Crippen molar-refractivity contribution < 1.29 is 4.79 Å². The lowest BCUT2D eigenvalue weighted by Gasteiger charge is -2.29. The van der Waals surface area contributed by atoms with E-state index < -0.39 is 0 Å². The molecule has 2 saturated heterocycles. The topological polar surface area (TPSA) is 23.6 Å². The summed E-state index contributed by atoms with van der Waals surface area (Å²) in [5.74, 6) is 0.389. The smallest absolute Gasteiger partial charge is 0.149 e. The fourth-order valence-electron chi connectivity index (χ4n) is 3.19. The Morgan fingerprint density at radius 2 is 2.00 bits per heavy atom. The average Bonchev–Trinajstić information content (AvgIpc) is 2.51. The minimum Gasteiger partial charge on any atom is -0.299 e. The summed E-state index contributed by atoms with van der Waals surface area (Å²) in [6, 6.07) is 1.57. The summed E-state index contributed by atoms with van der Waals surface area (Å²) >= 11 is 0. The third kappa shape index (κ3) is 2.16. The minimum absolute atomic E-state index is 0.123. The van der Waals surface area contributed by atoms with Crippen LogP contribution < -0.4 is 0 Å². The number of rotatable bonds is 3. The Balaban J connectivity index is 2.00. The maximum atomic E-state index is 11.8. The molecule has 0 aromatic carbocycles. The summed E-state index contributed by atoms with van der Waals surface area (Å²) in [7, 11) is 2.25. The molecular formula is C13H24N2O. The summed E-state index contributed by atoms with van der Waals surface area (Å²) in [6.07, 6.45) is 4.56. The monoisotopic (exact) mass is 224 g/mol. The van der Waals surface area contributed by atoms with E-state index in [9.17, 15) is 4.79 Å². The zero-order valence-electron chi connectivity index (χ0n) is 10.8. The zero-order chi connectivity index (χ0) is 11.7. The molecule has 3 unspecified atom stereocenters. The van der Waals surface area contributed by atoms with Crippen molar-refractivity contribution in [3.8, 4) is 0 Å². The molecule has 0 aromatic heterocycles. The van der Waals surface area contributed by atoms with Crippen LogP contribution in [0.2, 0.25) is 0 Å². The Kier molecular flexibility index (Phi) is 3.65. The van der Waals surface area contributed by atoms with E-state index in [1.807, 2.05) is 6.92 Å². The van der Waals surface area contributed by atoms with Gasteiger partial charge in [0.1, 0.15) is 5.78 Å². The van der Waals surface area contributed by atoms with Crippen LogP contribution in [0.1, 0.15) is 39.5 Å². The van der Waals surface area contributed by atoms with Crippen molar-refractivity contribution in [1.29, 1.82) is 0 Å². The lowest BCUT2D eigenvalue weighted by molar-refractivity contribution is -0.123. The van der Waals surface area contributed by atoms with E-state index >= 15 is 0 Å². The van der Waals surface area contributed by atoms with E-state index in [0.29, 0.717) is 18.2 Å². The first kappa shape index (κ1) is 12.1. The number of Topliss-reactive ketones (excluding diaryl/α,β-unsaturated/α-hetero) is 1. The van der Waals surface area contributed by atoms with Gasteiger partial charge in [0.2, 0.25) is 0 Å². The molecule has 2 aliphatic heterocycles. The lowest BCUT2D eigenvalue weighted by atomic mass is 10.0. The second-order valence-electron chi connectivity index (χ2n) is 5.33. The van der Waals surface area contributed by atoms with E-state index in [4.69, 9.17) is 0 Å². The number of fused-ring (bicyclic) bond motifs is 2. The average molecular weight is 224 g/mol. The largest absolute Gasteiger partial charge is 0.299 e. The van der Waals surface area contributed by atoms with Crippen LogP contribution in [-0.4, -0.2) is 53.8 Å². The quantitative estimate of drug-likeness (QED) is 0.726. The van der Waals surface area contributed by atoms with Gasteiger partial charge in [0, 0.05) is 31.6 Å². The standard InChI is InChI=1S/C13H24N2O/c1-4-13(16)10(2)15-8-7-11-5-6-12(9-15)14(11)3/h10-12H,4-9H2,1-3H3. The van der Waals surface area contributed by atoms with Crippen LogP contribution in [0.25, 0.3) is 0 Å². The van der Waals surface area contributed by atoms with Crippen molar-refractivity contribution in [1.82, 2.24) is 9.80 Å². The van der Waals surface area contributed by atoms with Crippen molar-refractivity contribution in [2.75, 3.05) is 20.1 Å². The SMILES string of the molecule is CCC(=O)C(C)N1CCC2CCC(C1)N2C. The molecule has 0 saturated carbocycles. The number of likely N-dealkylation sites (tertiary alicyclic amines) is 1. The molecule has 0 N–H and O–H groups in total. The van der Waals surface area contributed by atoms with Crippen molar-refractivity contribution in [3.05, 3.63) is 0 Å². The number of carbonyl (C=O) groups excluding carboxylic acids is 1. The Hall–Kier alpha value is -0.410. The highest BCUT2D eigenvalue weighted by Gasteiger charge is 2.36. The number of likely N-dealkylation sites (N-methyl/N-ethyl adjacent to an activating group) is 1. The van der Waals surface area contributed by atoms with Crippen LogP contribution in [0.4, 0.5) is 0 Å². The molecule has 3 heteroatoms. The maximum Gasteiger partial charge on any atom is 0.149 e. The number of carbonyl (C=O) groups is 1. The first-order valence-electron chi connectivity index (χ1n) is 6.62. The van der Waals surface area contributed by atoms with E-state index in [-0.39, 0.29) is 6.04 Å². The minimum atomic E-state index is 0.123. The Morgan fingerprint density at radius 1 is 1.31 bits per heavy atom. The second-order valence-corrected chi connectivity index (χ2v) is 5.33. The highest BCUT2D eigenvalue weighted by atomic mass is 16.1. The first-order chi connectivity index (χ1) is 7.63. The van der Waals surface area contributed by atoms with Crippen molar-refractivity contribution >= 4 is 5.78 Å². The number of hydrogen-bond donors (Lipinski definition) is 0. The summed E-state index contributed by atoms with van der Waals surface area (Å²) in [5.41, 5.74) is 0. The third-order valence-corrected chi connectivity index (χ3v) is 4.54. The molecule has 92 valence electrons. The maximum absolute atomic E-state index is 11.8. The van der Waals surface area contributed by atoms with Crippen LogP contribution in [-0.2, 0) is 4.79 Å². The van der Waals surface area contributed by atoms with Gasteiger partial charge in [-0.15, -0.1) is 0 Å². The molecule has 3 atom stereocenters. The molecule has 2 bridgehead atoms. The van der Waals surface area contributed by atoms with Crippen molar-refractivity contribution in [3.63, 3.8) is 0 Å². The molecule has 0 aliphatic carbocycles. The molecule has 16 heavy (non-hydrogen) atoms. The third-order valence-electron chi connectivity index (χ3n) is 4.54. The molecule has 2 aliphatic rings. The summed E-state index contributed by atoms with van der Waals surface area (Å²) in [5, 5.41) is 0. The van der Waals surface area contributed by atoms with E-state index in [1.54, 1.807) is 0 Å². The van der Waals surface area contributed by atoms with Crippen molar-refractivity contribution in [2.45, 2.75) is 57.7 Å². The molecular weight excluding hydrogens is 200 g/mol. The van der Waals surface area contributed by atoms with E-state index in [2.05, 4.69) is 23.8 Å². The van der Waals surface area contributed by atoms with Crippen LogP contribution in [0.5, 0.6) is 0 Å². The van der Waals surface area contributed by atoms with Gasteiger partial charge < -0.3 is 0 Å². The predicted molar refractivity (Wildman–Crippen MR) is 65.5 cm³/mol.